The van der Waals surface area contributed by atoms with Gasteiger partial charge in [0.15, 0.2) is 0 Å². The first-order chi connectivity index (χ1) is 9.21. The van der Waals surface area contributed by atoms with Crippen LogP contribution >= 0.6 is 0 Å². The van der Waals surface area contributed by atoms with Crippen LogP contribution in [0.4, 0.5) is 5.69 Å². The fourth-order valence-electron chi connectivity index (χ4n) is 2.48. The summed E-state index contributed by atoms with van der Waals surface area (Å²) in [5.41, 5.74) is 2.08. The number of aliphatic hydroxyl groups is 1. The molecule has 1 amide bonds. The number of aliphatic hydroxyl groups excluding tert-OH is 1. The molecule has 1 heterocycles. The lowest BCUT2D eigenvalue weighted by molar-refractivity contribution is -0.117. The molecular formula is C15H22N2O2. The summed E-state index contributed by atoms with van der Waals surface area (Å²) in [5, 5.41) is 12.0. The number of likely N-dealkylation sites (tertiary alicyclic amines) is 1. The van der Waals surface area contributed by atoms with Crippen molar-refractivity contribution in [1.82, 2.24) is 4.90 Å². The second kappa shape index (κ2) is 6.68. The average molecular weight is 262 g/mol. The Morgan fingerprint density at radius 3 is 3.05 bits per heavy atom. The summed E-state index contributed by atoms with van der Waals surface area (Å²) in [4.78, 5) is 14.0. The Balaban J connectivity index is 1.84. The van der Waals surface area contributed by atoms with Gasteiger partial charge in [0, 0.05) is 18.8 Å². The number of carbonyl (C=O) groups excluding carboxylic acids is 1. The van der Waals surface area contributed by atoms with Crippen LogP contribution in [0.5, 0.6) is 0 Å². The molecule has 104 valence electrons. The number of carbonyl (C=O) groups is 1. The molecule has 4 heteroatoms. The van der Waals surface area contributed by atoms with E-state index in [2.05, 4.69) is 23.2 Å². The molecule has 0 bridgehead atoms. The molecule has 0 aliphatic carbocycles. The molecule has 1 fully saturated rings. The summed E-state index contributed by atoms with van der Waals surface area (Å²) in [6.07, 6.45) is 1.95. The summed E-state index contributed by atoms with van der Waals surface area (Å²) < 4.78 is 0. The van der Waals surface area contributed by atoms with Crippen molar-refractivity contribution in [2.24, 2.45) is 5.92 Å². The van der Waals surface area contributed by atoms with Gasteiger partial charge in [-0.1, -0.05) is 19.1 Å². The van der Waals surface area contributed by atoms with Crippen molar-refractivity contribution >= 4 is 11.6 Å². The highest BCUT2D eigenvalue weighted by Crippen LogP contribution is 2.15. The van der Waals surface area contributed by atoms with Gasteiger partial charge in [0.2, 0.25) is 5.91 Å². The molecule has 1 aliphatic rings. The van der Waals surface area contributed by atoms with Crippen molar-refractivity contribution in [3.63, 3.8) is 0 Å². The number of hydrogen-bond donors (Lipinski definition) is 2. The van der Waals surface area contributed by atoms with E-state index in [9.17, 15) is 4.79 Å². The number of nitrogens with one attached hydrogen (secondary N) is 1. The van der Waals surface area contributed by atoms with Gasteiger partial charge < -0.3 is 10.4 Å². The third-order valence-corrected chi connectivity index (χ3v) is 3.61. The Morgan fingerprint density at radius 2 is 2.37 bits per heavy atom. The van der Waals surface area contributed by atoms with E-state index in [4.69, 9.17) is 5.11 Å². The van der Waals surface area contributed by atoms with Gasteiger partial charge in [0.05, 0.1) is 6.54 Å². The topological polar surface area (TPSA) is 52.6 Å². The summed E-state index contributed by atoms with van der Waals surface area (Å²) >= 11 is 0. The quantitative estimate of drug-likeness (QED) is 0.845. The van der Waals surface area contributed by atoms with E-state index in [1.165, 1.54) is 5.56 Å². The van der Waals surface area contributed by atoms with E-state index < -0.39 is 0 Å². The largest absolute Gasteiger partial charge is 0.396 e. The Morgan fingerprint density at radius 1 is 1.53 bits per heavy atom. The van der Waals surface area contributed by atoms with Crippen LogP contribution in [0.1, 0.15) is 18.9 Å². The molecule has 4 nitrogen and oxygen atoms in total. The van der Waals surface area contributed by atoms with Crippen molar-refractivity contribution in [1.29, 1.82) is 0 Å². The summed E-state index contributed by atoms with van der Waals surface area (Å²) in [6, 6.07) is 7.95. The number of rotatable bonds is 5. The fraction of sp³-hybridized carbons (Fsp3) is 0.533. The molecule has 1 aromatic carbocycles. The van der Waals surface area contributed by atoms with Crippen LogP contribution < -0.4 is 5.32 Å². The van der Waals surface area contributed by atoms with Crippen LogP contribution in [0.15, 0.2) is 24.3 Å². The molecular weight excluding hydrogens is 240 g/mol. The summed E-state index contributed by atoms with van der Waals surface area (Å²) in [5.74, 6) is 0.350. The zero-order valence-electron chi connectivity index (χ0n) is 11.4. The van der Waals surface area contributed by atoms with Gasteiger partial charge in [0.25, 0.3) is 0 Å². The van der Waals surface area contributed by atoms with E-state index in [0.717, 1.165) is 31.6 Å². The van der Waals surface area contributed by atoms with E-state index in [1.807, 2.05) is 18.2 Å². The van der Waals surface area contributed by atoms with Crippen LogP contribution in [0.3, 0.4) is 0 Å². The van der Waals surface area contributed by atoms with Gasteiger partial charge in [-0.3, -0.25) is 9.69 Å². The molecule has 0 saturated carbocycles. The molecule has 1 aliphatic heterocycles. The zero-order valence-corrected chi connectivity index (χ0v) is 11.4. The second-order valence-electron chi connectivity index (χ2n) is 5.17. The van der Waals surface area contributed by atoms with Crippen LogP contribution in [-0.2, 0) is 11.2 Å². The maximum absolute atomic E-state index is 11.9. The molecule has 1 atom stereocenters. The average Bonchev–Trinajstić information content (AvgIpc) is 2.86. The zero-order chi connectivity index (χ0) is 13.7. The highest BCUT2D eigenvalue weighted by Gasteiger charge is 2.23. The standard InChI is InChI=1S/C15H22N2O2/c1-2-12-4-3-5-14(8-12)16-15(19)10-17-7-6-13(9-17)11-18/h3-5,8,13,18H,2,6-7,9-11H2,1H3,(H,16,19)/t13-/m1/s1. The maximum Gasteiger partial charge on any atom is 0.238 e. The van der Waals surface area contributed by atoms with E-state index in [1.54, 1.807) is 0 Å². The molecule has 0 aromatic heterocycles. The number of benzene rings is 1. The molecule has 19 heavy (non-hydrogen) atoms. The lowest BCUT2D eigenvalue weighted by Crippen LogP contribution is -2.31. The highest BCUT2D eigenvalue weighted by atomic mass is 16.3. The van der Waals surface area contributed by atoms with Gasteiger partial charge in [-0.05, 0) is 43.0 Å². The Kier molecular flexibility index (Phi) is 4.93. The van der Waals surface area contributed by atoms with Crippen LogP contribution in [0.25, 0.3) is 0 Å². The minimum atomic E-state index is 0.0202. The first kappa shape index (κ1) is 14.0. The van der Waals surface area contributed by atoms with Crippen molar-refractivity contribution < 1.29 is 9.90 Å². The Hall–Kier alpha value is -1.39. The monoisotopic (exact) mass is 262 g/mol. The Labute approximate surface area is 114 Å². The normalized spacial score (nSPS) is 19.6. The lowest BCUT2D eigenvalue weighted by atomic mass is 10.1. The maximum atomic E-state index is 11.9. The third-order valence-electron chi connectivity index (χ3n) is 3.61. The number of aryl methyl sites for hydroxylation is 1. The number of amides is 1. The highest BCUT2D eigenvalue weighted by molar-refractivity contribution is 5.92. The second-order valence-corrected chi connectivity index (χ2v) is 5.17. The van der Waals surface area contributed by atoms with Crippen LogP contribution in [0, 0.1) is 5.92 Å². The molecule has 2 rings (SSSR count). The van der Waals surface area contributed by atoms with Crippen molar-refractivity contribution in [3.05, 3.63) is 29.8 Å². The lowest BCUT2D eigenvalue weighted by Gasteiger charge is -2.15. The van der Waals surface area contributed by atoms with Crippen molar-refractivity contribution in [2.45, 2.75) is 19.8 Å². The van der Waals surface area contributed by atoms with Gasteiger partial charge in [0.1, 0.15) is 0 Å². The van der Waals surface area contributed by atoms with Gasteiger partial charge in [-0.2, -0.15) is 0 Å². The molecule has 0 radical (unpaired) electrons. The number of hydrogen-bond acceptors (Lipinski definition) is 3. The van der Waals surface area contributed by atoms with Gasteiger partial charge >= 0.3 is 0 Å². The molecule has 1 saturated heterocycles. The molecule has 2 N–H and O–H groups in total. The minimum absolute atomic E-state index is 0.0202. The van der Waals surface area contributed by atoms with E-state index >= 15 is 0 Å². The molecule has 0 unspecified atom stereocenters. The fourth-order valence-corrected chi connectivity index (χ4v) is 2.48. The SMILES string of the molecule is CCc1cccc(NC(=O)CN2CC[C@@H](CO)C2)c1. The first-order valence-corrected chi connectivity index (χ1v) is 6.93. The number of nitrogens with zero attached hydrogens (tertiary/aromatic N) is 1. The summed E-state index contributed by atoms with van der Waals surface area (Å²) in [6.45, 7) is 4.44. The van der Waals surface area contributed by atoms with Crippen molar-refractivity contribution in [3.8, 4) is 0 Å². The van der Waals surface area contributed by atoms with E-state index in [0.29, 0.717) is 12.5 Å². The first-order valence-electron chi connectivity index (χ1n) is 6.93. The minimum Gasteiger partial charge on any atom is -0.396 e. The molecule has 0 spiro atoms. The predicted molar refractivity (Wildman–Crippen MR) is 76.1 cm³/mol. The smallest absolute Gasteiger partial charge is 0.238 e. The Bertz CT molecular complexity index is 434. The van der Waals surface area contributed by atoms with E-state index in [-0.39, 0.29) is 12.5 Å². The van der Waals surface area contributed by atoms with Gasteiger partial charge in [-0.25, -0.2) is 0 Å². The molecule has 1 aromatic rings. The number of anilines is 1. The summed E-state index contributed by atoms with van der Waals surface area (Å²) in [7, 11) is 0. The van der Waals surface area contributed by atoms with Gasteiger partial charge in [-0.15, -0.1) is 0 Å². The van der Waals surface area contributed by atoms with Crippen LogP contribution in [0.2, 0.25) is 0 Å². The third kappa shape index (κ3) is 4.04. The van der Waals surface area contributed by atoms with Crippen molar-refractivity contribution in [2.75, 3.05) is 31.6 Å². The predicted octanol–water partition coefficient (Wildman–Crippen LogP) is 1.50. The van der Waals surface area contributed by atoms with Crippen LogP contribution in [-0.4, -0.2) is 42.2 Å².